The van der Waals surface area contributed by atoms with E-state index in [0.717, 1.165) is 21.9 Å². The van der Waals surface area contributed by atoms with Gasteiger partial charge < -0.3 is 9.84 Å². The van der Waals surface area contributed by atoms with Crippen molar-refractivity contribution in [1.29, 1.82) is 0 Å². The van der Waals surface area contributed by atoms with Gasteiger partial charge in [0, 0.05) is 12.8 Å². The quantitative estimate of drug-likeness (QED) is 0.682. The van der Waals surface area contributed by atoms with Crippen molar-refractivity contribution in [2.75, 3.05) is 6.61 Å². The zero-order valence-electron chi connectivity index (χ0n) is 13.4. The molecule has 0 heterocycles. The Bertz CT molecular complexity index is 894. The summed E-state index contributed by atoms with van der Waals surface area (Å²) in [4.78, 5) is 24.8. The minimum atomic E-state index is -0.908. The van der Waals surface area contributed by atoms with E-state index in [-0.39, 0.29) is 18.8 Å². The number of carbonyl (C=O) groups excluding carboxylic acids is 2. The van der Waals surface area contributed by atoms with Gasteiger partial charge in [0.25, 0.3) is 0 Å². The fourth-order valence-electron chi connectivity index (χ4n) is 3.96. The number of hydrogen-bond acceptors (Lipinski definition) is 4. The maximum atomic E-state index is 12.4. The molecule has 0 spiro atoms. The summed E-state index contributed by atoms with van der Waals surface area (Å²) in [5.74, 6) is -1.60. The van der Waals surface area contributed by atoms with E-state index in [2.05, 4.69) is 0 Å². The second-order valence-corrected chi connectivity index (χ2v) is 6.30. The summed E-state index contributed by atoms with van der Waals surface area (Å²) in [6.07, 6.45) is -0.119. The van der Waals surface area contributed by atoms with E-state index in [9.17, 15) is 14.7 Å². The van der Waals surface area contributed by atoms with Gasteiger partial charge in [-0.1, -0.05) is 36.4 Å². The number of benzene rings is 2. The highest BCUT2D eigenvalue weighted by Gasteiger charge is 2.44. The lowest BCUT2D eigenvalue weighted by Crippen LogP contribution is -2.25. The van der Waals surface area contributed by atoms with Gasteiger partial charge >= 0.3 is 5.97 Å². The third kappa shape index (κ3) is 2.10. The summed E-state index contributed by atoms with van der Waals surface area (Å²) >= 11 is 0. The van der Waals surface area contributed by atoms with E-state index in [4.69, 9.17) is 4.74 Å². The minimum absolute atomic E-state index is 0.131. The molecule has 4 heteroatoms. The van der Waals surface area contributed by atoms with Crippen LogP contribution in [0, 0.1) is 5.92 Å². The van der Waals surface area contributed by atoms with E-state index < -0.39 is 18.0 Å². The Morgan fingerprint density at radius 2 is 2.04 bits per heavy atom. The molecule has 2 aromatic carbocycles. The average molecular weight is 322 g/mol. The van der Waals surface area contributed by atoms with Crippen LogP contribution in [0.1, 0.15) is 24.5 Å². The molecule has 0 aliphatic heterocycles. The van der Waals surface area contributed by atoms with Gasteiger partial charge in [-0.2, -0.15) is 0 Å². The monoisotopic (exact) mass is 322 g/mol. The molecule has 4 nitrogen and oxygen atoms in total. The molecule has 1 N–H and O–H groups in total. The van der Waals surface area contributed by atoms with Crippen LogP contribution in [0.15, 0.2) is 42.0 Å². The molecule has 0 aromatic heterocycles. The first-order chi connectivity index (χ1) is 11.6. The van der Waals surface area contributed by atoms with Crippen molar-refractivity contribution < 1.29 is 19.4 Å². The number of rotatable bonds is 2. The molecule has 0 bridgehead atoms. The van der Waals surface area contributed by atoms with Crippen LogP contribution in [-0.4, -0.2) is 29.6 Å². The van der Waals surface area contributed by atoms with Crippen LogP contribution < -0.4 is 0 Å². The first-order valence-electron chi connectivity index (χ1n) is 8.23. The normalized spacial score (nSPS) is 22.5. The lowest BCUT2D eigenvalue weighted by Gasteiger charge is -2.26. The number of Topliss-reactive ketones (excluding diaryl/α,β-unsaturated/α-hetero) is 1. The van der Waals surface area contributed by atoms with E-state index in [1.54, 1.807) is 6.92 Å². The maximum absolute atomic E-state index is 12.4. The second-order valence-electron chi connectivity index (χ2n) is 6.30. The highest BCUT2D eigenvalue weighted by atomic mass is 16.5. The maximum Gasteiger partial charge on any atom is 0.321 e. The molecule has 24 heavy (non-hydrogen) atoms. The molecule has 2 atom stereocenters. The van der Waals surface area contributed by atoms with Gasteiger partial charge in [0.15, 0.2) is 5.78 Å². The van der Waals surface area contributed by atoms with Crippen molar-refractivity contribution in [3.8, 4) is 0 Å². The van der Waals surface area contributed by atoms with Crippen LogP contribution in [-0.2, 0) is 20.7 Å². The van der Waals surface area contributed by atoms with Crippen molar-refractivity contribution in [1.82, 2.24) is 0 Å². The molecular weight excluding hydrogens is 304 g/mol. The molecule has 4 rings (SSSR count). The largest absolute Gasteiger partial charge is 0.465 e. The van der Waals surface area contributed by atoms with Crippen LogP contribution >= 0.6 is 0 Å². The summed E-state index contributed by atoms with van der Waals surface area (Å²) in [5.41, 5.74) is 3.25. The fourth-order valence-corrected chi connectivity index (χ4v) is 3.96. The molecule has 1 unspecified atom stereocenters. The van der Waals surface area contributed by atoms with Gasteiger partial charge in [-0.25, -0.2) is 0 Å². The van der Waals surface area contributed by atoms with E-state index in [1.807, 2.05) is 36.4 Å². The highest BCUT2D eigenvalue weighted by Crippen LogP contribution is 2.45. The Hall–Kier alpha value is -2.46. The SMILES string of the molecule is CCOC(=O)C1C(=O)CC2=C1c1ccc3ccccc3c1C[C@H]2O. The molecule has 2 aliphatic carbocycles. The van der Waals surface area contributed by atoms with Gasteiger partial charge in [-0.05, 0) is 40.0 Å². The predicted molar refractivity (Wildman–Crippen MR) is 90.3 cm³/mol. The number of carbonyl (C=O) groups is 2. The lowest BCUT2D eigenvalue weighted by atomic mass is 9.80. The molecule has 0 fully saturated rings. The molecule has 122 valence electrons. The van der Waals surface area contributed by atoms with Crippen LogP contribution in [0.4, 0.5) is 0 Å². The van der Waals surface area contributed by atoms with Gasteiger partial charge in [-0.3, -0.25) is 9.59 Å². The highest BCUT2D eigenvalue weighted by molar-refractivity contribution is 6.16. The molecule has 2 aliphatic rings. The van der Waals surface area contributed by atoms with Gasteiger partial charge in [-0.15, -0.1) is 0 Å². The standard InChI is InChI=1S/C20H18O4/c1-2-24-20(23)19-17(22)10-15-16(21)9-14-12-6-4-3-5-11(12)7-8-13(14)18(15)19/h3-8,16,19,21H,2,9-10H2,1H3/t16-,19?/m1/s1. The molecule has 0 amide bonds. The molecule has 0 saturated carbocycles. The summed E-state index contributed by atoms with van der Waals surface area (Å²) in [6.45, 7) is 1.96. The Labute approximate surface area is 139 Å². The second kappa shape index (κ2) is 5.56. The number of esters is 1. The number of fused-ring (bicyclic) bond motifs is 4. The number of aliphatic hydroxyl groups is 1. The Kier molecular flexibility index (Phi) is 3.50. The zero-order chi connectivity index (χ0) is 16.8. The summed E-state index contributed by atoms with van der Waals surface area (Å²) in [5, 5.41) is 12.7. The van der Waals surface area contributed by atoms with Gasteiger partial charge in [0.05, 0.1) is 12.7 Å². The van der Waals surface area contributed by atoms with Crippen molar-refractivity contribution in [2.24, 2.45) is 5.92 Å². The van der Waals surface area contributed by atoms with Crippen LogP contribution in [0.5, 0.6) is 0 Å². The van der Waals surface area contributed by atoms with E-state index in [0.29, 0.717) is 17.6 Å². The van der Waals surface area contributed by atoms with Crippen LogP contribution in [0.2, 0.25) is 0 Å². The fraction of sp³-hybridized carbons (Fsp3) is 0.300. The topological polar surface area (TPSA) is 63.6 Å². The van der Waals surface area contributed by atoms with Crippen molar-refractivity contribution in [3.05, 3.63) is 53.1 Å². The summed E-state index contributed by atoms with van der Waals surface area (Å²) < 4.78 is 5.11. The Morgan fingerprint density at radius 3 is 2.83 bits per heavy atom. The van der Waals surface area contributed by atoms with Crippen LogP contribution in [0.25, 0.3) is 16.3 Å². The summed E-state index contributed by atoms with van der Waals surface area (Å²) in [6, 6.07) is 11.9. The van der Waals surface area contributed by atoms with E-state index >= 15 is 0 Å². The summed E-state index contributed by atoms with van der Waals surface area (Å²) in [7, 11) is 0. The number of ketones is 1. The smallest absolute Gasteiger partial charge is 0.321 e. The minimum Gasteiger partial charge on any atom is -0.465 e. The predicted octanol–water partition coefficient (Wildman–Crippen LogP) is 2.66. The number of aliphatic hydroxyl groups excluding tert-OH is 1. The van der Waals surface area contributed by atoms with Gasteiger partial charge in [0.1, 0.15) is 5.92 Å². The van der Waals surface area contributed by atoms with Crippen molar-refractivity contribution >= 4 is 28.1 Å². The molecule has 0 saturated heterocycles. The third-order valence-corrected chi connectivity index (χ3v) is 4.97. The molecule has 0 radical (unpaired) electrons. The molecular formula is C20H18O4. The Morgan fingerprint density at radius 1 is 1.25 bits per heavy atom. The lowest BCUT2D eigenvalue weighted by molar-refractivity contribution is -0.148. The average Bonchev–Trinajstić information content (AvgIpc) is 2.93. The number of ether oxygens (including phenoxy) is 1. The van der Waals surface area contributed by atoms with E-state index in [1.165, 1.54) is 0 Å². The third-order valence-electron chi connectivity index (χ3n) is 4.97. The zero-order valence-corrected chi connectivity index (χ0v) is 13.4. The van der Waals surface area contributed by atoms with Crippen LogP contribution in [0.3, 0.4) is 0 Å². The van der Waals surface area contributed by atoms with Gasteiger partial charge in [0.2, 0.25) is 0 Å². The molecule has 2 aromatic rings. The number of hydrogen-bond donors (Lipinski definition) is 1. The first-order valence-corrected chi connectivity index (χ1v) is 8.23. The first kappa shape index (κ1) is 15.1. The Balaban J connectivity index is 1.93. The van der Waals surface area contributed by atoms with Crippen molar-refractivity contribution in [2.45, 2.75) is 25.9 Å². The van der Waals surface area contributed by atoms with Crippen molar-refractivity contribution in [3.63, 3.8) is 0 Å².